The average Bonchev–Trinajstić information content (AvgIpc) is 3.45. The molecule has 1 fully saturated rings. The number of carbonyl (C=O) groups is 2. The number of amides is 2. The van der Waals surface area contributed by atoms with Gasteiger partial charge in [-0.25, -0.2) is 0 Å². The van der Waals surface area contributed by atoms with Crippen molar-refractivity contribution in [3.63, 3.8) is 0 Å². The van der Waals surface area contributed by atoms with E-state index < -0.39 is 11.8 Å². The molecule has 2 aliphatic rings. The minimum absolute atomic E-state index is 0.0970. The Labute approximate surface area is 184 Å². The second-order valence-electron chi connectivity index (χ2n) is 8.52. The molecule has 0 aliphatic carbocycles. The normalized spacial score (nSPS) is 16.7. The van der Waals surface area contributed by atoms with Crippen LogP contribution in [-0.2, 0) is 22.4 Å². The maximum absolute atomic E-state index is 12.4. The number of anilines is 1. The molecule has 0 aromatic heterocycles. The van der Waals surface area contributed by atoms with Crippen molar-refractivity contribution in [3.8, 4) is 0 Å². The summed E-state index contributed by atoms with van der Waals surface area (Å²) in [7, 11) is 2.13. The Morgan fingerprint density at radius 2 is 1.71 bits per heavy atom. The molecule has 1 saturated heterocycles. The Morgan fingerprint density at radius 1 is 0.968 bits per heavy atom. The first-order valence-electron chi connectivity index (χ1n) is 11.3. The number of nitrogens with zero attached hydrogens (tertiary/aromatic N) is 2. The van der Waals surface area contributed by atoms with Crippen LogP contribution in [-0.4, -0.2) is 56.5 Å². The van der Waals surface area contributed by atoms with Gasteiger partial charge in [-0.05, 0) is 61.5 Å². The molecule has 4 rings (SSSR count). The van der Waals surface area contributed by atoms with Crippen molar-refractivity contribution in [2.75, 3.05) is 44.7 Å². The quantitative estimate of drug-likeness (QED) is 0.675. The first kappa shape index (κ1) is 21.4. The van der Waals surface area contributed by atoms with E-state index >= 15 is 0 Å². The van der Waals surface area contributed by atoms with E-state index in [0.29, 0.717) is 19.5 Å². The van der Waals surface area contributed by atoms with Crippen molar-refractivity contribution in [1.29, 1.82) is 0 Å². The maximum Gasteiger partial charge on any atom is 0.309 e. The van der Waals surface area contributed by atoms with Gasteiger partial charge in [-0.2, -0.15) is 0 Å². The number of nitrogens with one attached hydrogen (secondary N) is 2. The molecule has 0 spiro atoms. The molecule has 6 heteroatoms. The number of fused-ring (bicyclic) bond motifs is 1. The van der Waals surface area contributed by atoms with Crippen LogP contribution in [0.1, 0.15) is 35.6 Å². The first-order chi connectivity index (χ1) is 15.1. The van der Waals surface area contributed by atoms with Gasteiger partial charge in [0.2, 0.25) is 0 Å². The number of hydrogen-bond donors (Lipinski definition) is 2. The Hall–Kier alpha value is -2.86. The van der Waals surface area contributed by atoms with E-state index in [1.165, 1.54) is 29.7 Å². The van der Waals surface area contributed by atoms with Crippen molar-refractivity contribution in [2.24, 2.45) is 0 Å². The first-order valence-corrected chi connectivity index (χ1v) is 11.3. The number of likely N-dealkylation sites (tertiary alicyclic amines) is 1. The average molecular weight is 421 g/mol. The van der Waals surface area contributed by atoms with E-state index in [9.17, 15) is 9.59 Å². The van der Waals surface area contributed by atoms with Gasteiger partial charge in [0, 0.05) is 32.4 Å². The molecule has 0 saturated carbocycles. The summed E-state index contributed by atoms with van der Waals surface area (Å²) in [6, 6.07) is 16.7. The Bertz CT molecular complexity index is 909. The predicted octanol–water partition coefficient (Wildman–Crippen LogP) is 2.29. The van der Waals surface area contributed by atoms with Gasteiger partial charge in [0.05, 0.1) is 6.04 Å². The second-order valence-corrected chi connectivity index (χ2v) is 8.52. The highest BCUT2D eigenvalue weighted by Crippen LogP contribution is 2.32. The third-order valence-electron chi connectivity index (χ3n) is 6.40. The van der Waals surface area contributed by atoms with E-state index in [1.54, 1.807) is 0 Å². The van der Waals surface area contributed by atoms with E-state index in [0.717, 1.165) is 31.6 Å². The predicted molar refractivity (Wildman–Crippen MR) is 123 cm³/mol. The highest BCUT2D eigenvalue weighted by atomic mass is 16.2. The number of hydrogen-bond acceptors (Lipinski definition) is 4. The lowest BCUT2D eigenvalue weighted by Gasteiger charge is -2.28. The van der Waals surface area contributed by atoms with Gasteiger partial charge < -0.3 is 15.5 Å². The van der Waals surface area contributed by atoms with Crippen molar-refractivity contribution in [3.05, 3.63) is 65.2 Å². The molecule has 2 N–H and O–H groups in total. The fourth-order valence-corrected chi connectivity index (χ4v) is 4.62. The summed E-state index contributed by atoms with van der Waals surface area (Å²) in [6.45, 7) is 4.00. The standard InChI is InChI=1S/C25H32N4O2/c1-28-16-12-21-17-20(9-10-22(21)28)23(29-14-5-6-15-29)18-27-25(31)24(30)26-13-11-19-7-3-2-4-8-19/h2-4,7-10,17,23H,5-6,11-16,18H2,1H3,(H,26,30)(H,27,31)/t23-/m0/s1. The van der Waals surface area contributed by atoms with E-state index in [4.69, 9.17) is 0 Å². The van der Waals surface area contributed by atoms with Crippen LogP contribution in [0.25, 0.3) is 0 Å². The van der Waals surface area contributed by atoms with Crippen molar-refractivity contribution in [2.45, 2.75) is 31.7 Å². The van der Waals surface area contributed by atoms with Gasteiger partial charge in [-0.15, -0.1) is 0 Å². The third-order valence-corrected chi connectivity index (χ3v) is 6.40. The molecular formula is C25H32N4O2. The SMILES string of the molecule is CN1CCc2cc([C@H](CNC(=O)C(=O)NCCc3ccccc3)N3CCCC3)ccc21. The van der Waals surface area contributed by atoms with Crippen LogP contribution in [0, 0.1) is 0 Å². The number of likely N-dealkylation sites (N-methyl/N-ethyl adjacent to an activating group) is 1. The zero-order valence-corrected chi connectivity index (χ0v) is 18.3. The molecule has 31 heavy (non-hydrogen) atoms. The molecule has 164 valence electrons. The monoisotopic (exact) mass is 420 g/mol. The van der Waals surface area contributed by atoms with E-state index in [-0.39, 0.29) is 6.04 Å². The molecule has 2 aliphatic heterocycles. The summed E-state index contributed by atoms with van der Waals surface area (Å²) < 4.78 is 0. The molecule has 2 amide bonds. The summed E-state index contributed by atoms with van der Waals surface area (Å²) in [5, 5.41) is 5.61. The zero-order valence-electron chi connectivity index (χ0n) is 18.3. The zero-order chi connectivity index (χ0) is 21.6. The van der Waals surface area contributed by atoms with Crippen LogP contribution in [0.2, 0.25) is 0 Å². The number of benzene rings is 2. The summed E-state index contributed by atoms with van der Waals surface area (Å²) in [6.07, 6.45) is 4.12. The van der Waals surface area contributed by atoms with Crippen LogP contribution >= 0.6 is 0 Å². The molecule has 1 atom stereocenters. The Morgan fingerprint density at radius 3 is 2.48 bits per heavy atom. The van der Waals surface area contributed by atoms with Crippen molar-refractivity contribution < 1.29 is 9.59 Å². The lowest BCUT2D eigenvalue weighted by molar-refractivity contribution is -0.139. The minimum atomic E-state index is -0.563. The second kappa shape index (κ2) is 9.96. The number of carbonyl (C=O) groups excluding carboxylic acids is 2. The Balaban J connectivity index is 1.34. The van der Waals surface area contributed by atoms with Gasteiger partial charge in [-0.3, -0.25) is 14.5 Å². The van der Waals surface area contributed by atoms with Crippen molar-refractivity contribution >= 4 is 17.5 Å². The summed E-state index contributed by atoms with van der Waals surface area (Å²) in [5.41, 5.74) is 5.03. The van der Waals surface area contributed by atoms with Crippen LogP contribution < -0.4 is 15.5 Å². The maximum atomic E-state index is 12.4. The highest BCUT2D eigenvalue weighted by Gasteiger charge is 2.26. The minimum Gasteiger partial charge on any atom is -0.374 e. The lowest BCUT2D eigenvalue weighted by Crippen LogP contribution is -2.44. The summed E-state index contributed by atoms with van der Waals surface area (Å²) in [5.74, 6) is -1.12. The molecular weight excluding hydrogens is 388 g/mol. The van der Waals surface area contributed by atoms with Gasteiger partial charge in [-0.1, -0.05) is 42.5 Å². The number of rotatable bonds is 7. The summed E-state index contributed by atoms with van der Waals surface area (Å²) in [4.78, 5) is 29.4. The van der Waals surface area contributed by atoms with E-state index in [2.05, 4.69) is 45.7 Å². The largest absolute Gasteiger partial charge is 0.374 e. The fourth-order valence-electron chi connectivity index (χ4n) is 4.62. The third kappa shape index (κ3) is 5.25. The topological polar surface area (TPSA) is 64.7 Å². The Kier molecular flexibility index (Phi) is 6.87. The van der Waals surface area contributed by atoms with Crippen LogP contribution in [0.4, 0.5) is 5.69 Å². The molecule has 0 radical (unpaired) electrons. The lowest BCUT2D eigenvalue weighted by atomic mass is 10.0. The fraction of sp³-hybridized carbons (Fsp3) is 0.440. The molecule has 2 aromatic rings. The molecule has 2 heterocycles. The van der Waals surface area contributed by atoms with Gasteiger partial charge in [0.15, 0.2) is 0 Å². The smallest absolute Gasteiger partial charge is 0.309 e. The van der Waals surface area contributed by atoms with E-state index in [1.807, 2.05) is 30.3 Å². The van der Waals surface area contributed by atoms with Crippen LogP contribution in [0.15, 0.2) is 48.5 Å². The summed E-state index contributed by atoms with van der Waals surface area (Å²) >= 11 is 0. The van der Waals surface area contributed by atoms with Crippen molar-refractivity contribution in [1.82, 2.24) is 15.5 Å². The van der Waals surface area contributed by atoms with Gasteiger partial charge in [0.1, 0.15) is 0 Å². The van der Waals surface area contributed by atoms with Crippen LogP contribution in [0.3, 0.4) is 0 Å². The van der Waals surface area contributed by atoms with Gasteiger partial charge in [0.25, 0.3) is 0 Å². The molecule has 0 unspecified atom stereocenters. The molecule has 2 aromatic carbocycles. The highest BCUT2D eigenvalue weighted by molar-refractivity contribution is 6.35. The molecule has 0 bridgehead atoms. The van der Waals surface area contributed by atoms with Crippen LogP contribution in [0.5, 0.6) is 0 Å². The molecule has 6 nitrogen and oxygen atoms in total. The van der Waals surface area contributed by atoms with Gasteiger partial charge >= 0.3 is 11.8 Å².